The standard InChI is InChI=1S/C21H23F3N6O/c1-12-10-14(27-20-28-19(25)29-30-20)11-17(21(22,23)24)18(12)13-2-4-15(5-3-13)31-16-6-8-26-9-7-16/h2-5,10-11,16,26H,6-9H2,1H3,(H4,25,27,28,29,30). The predicted molar refractivity (Wildman–Crippen MR) is 112 cm³/mol. The largest absolute Gasteiger partial charge is 0.490 e. The third-order valence-corrected chi connectivity index (χ3v) is 5.13. The molecule has 0 saturated carbocycles. The van der Waals surface area contributed by atoms with Gasteiger partial charge in [0.1, 0.15) is 11.9 Å². The molecule has 2 aromatic carbocycles. The highest BCUT2D eigenvalue weighted by Crippen LogP contribution is 2.41. The van der Waals surface area contributed by atoms with Gasteiger partial charge in [-0.05, 0) is 73.8 Å². The van der Waals surface area contributed by atoms with E-state index in [1.807, 2.05) is 0 Å². The van der Waals surface area contributed by atoms with E-state index in [4.69, 9.17) is 10.5 Å². The summed E-state index contributed by atoms with van der Waals surface area (Å²) in [6.07, 6.45) is -2.61. The summed E-state index contributed by atoms with van der Waals surface area (Å²) in [7, 11) is 0. The minimum Gasteiger partial charge on any atom is -0.490 e. The summed E-state index contributed by atoms with van der Waals surface area (Å²) >= 11 is 0. The van der Waals surface area contributed by atoms with Crippen molar-refractivity contribution in [2.45, 2.75) is 32.0 Å². The monoisotopic (exact) mass is 432 g/mol. The van der Waals surface area contributed by atoms with Crippen LogP contribution in [0.4, 0.5) is 30.8 Å². The lowest BCUT2D eigenvalue weighted by molar-refractivity contribution is -0.137. The predicted octanol–water partition coefficient (Wildman–Crippen LogP) is 4.26. The van der Waals surface area contributed by atoms with Crippen LogP contribution < -0.4 is 21.1 Å². The van der Waals surface area contributed by atoms with Crippen molar-refractivity contribution in [1.29, 1.82) is 0 Å². The number of nitrogens with zero attached hydrogens (tertiary/aromatic N) is 2. The maximum absolute atomic E-state index is 13.9. The molecule has 0 bridgehead atoms. The molecular formula is C21H23F3N6O. The molecule has 7 nitrogen and oxygen atoms in total. The number of nitrogens with one attached hydrogen (secondary N) is 3. The lowest BCUT2D eigenvalue weighted by Gasteiger charge is -2.24. The third kappa shape index (κ3) is 4.91. The fourth-order valence-corrected chi connectivity index (χ4v) is 3.73. The number of aromatic amines is 1. The normalized spacial score (nSPS) is 15.1. The van der Waals surface area contributed by atoms with Crippen molar-refractivity contribution in [2.24, 2.45) is 0 Å². The van der Waals surface area contributed by atoms with Gasteiger partial charge in [0.05, 0.1) is 5.56 Å². The van der Waals surface area contributed by atoms with Gasteiger partial charge in [0.15, 0.2) is 0 Å². The Morgan fingerprint density at radius 2 is 1.84 bits per heavy atom. The Balaban J connectivity index is 1.63. The molecule has 164 valence electrons. The lowest BCUT2D eigenvalue weighted by atomic mass is 9.93. The molecule has 10 heteroatoms. The maximum atomic E-state index is 13.9. The van der Waals surface area contributed by atoms with E-state index in [1.54, 1.807) is 37.3 Å². The van der Waals surface area contributed by atoms with Gasteiger partial charge < -0.3 is 21.1 Å². The first kappa shape index (κ1) is 21.0. The van der Waals surface area contributed by atoms with Crippen LogP contribution in [-0.2, 0) is 6.18 Å². The van der Waals surface area contributed by atoms with E-state index >= 15 is 0 Å². The molecule has 2 heterocycles. The molecule has 0 unspecified atom stereocenters. The molecular weight excluding hydrogens is 409 g/mol. The number of rotatable bonds is 5. The van der Waals surface area contributed by atoms with Gasteiger partial charge in [0.2, 0.25) is 11.9 Å². The zero-order chi connectivity index (χ0) is 22.0. The first-order valence-corrected chi connectivity index (χ1v) is 9.94. The summed E-state index contributed by atoms with van der Waals surface area (Å²) in [4.78, 5) is 3.87. The van der Waals surface area contributed by atoms with E-state index in [0.717, 1.165) is 32.0 Å². The quantitative estimate of drug-likeness (QED) is 0.481. The maximum Gasteiger partial charge on any atom is 0.417 e. The van der Waals surface area contributed by atoms with Crippen LogP contribution in [0.5, 0.6) is 5.75 Å². The second kappa shape index (κ2) is 8.46. The van der Waals surface area contributed by atoms with Crippen molar-refractivity contribution in [1.82, 2.24) is 20.5 Å². The van der Waals surface area contributed by atoms with E-state index in [-0.39, 0.29) is 29.3 Å². The molecule has 1 fully saturated rings. The Labute approximate surface area is 177 Å². The minimum atomic E-state index is -4.54. The van der Waals surface area contributed by atoms with Crippen molar-refractivity contribution in [3.8, 4) is 16.9 Å². The number of aromatic nitrogens is 3. The summed E-state index contributed by atoms with van der Waals surface area (Å²) < 4.78 is 47.7. The Hall–Kier alpha value is -3.27. The second-order valence-electron chi connectivity index (χ2n) is 7.47. The molecule has 0 aliphatic carbocycles. The number of hydrogen-bond donors (Lipinski definition) is 4. The SMILES string of the molecule is Cc1cc(Nc2n[nH]c(N)n2)cc(C(F)(F)F)c1-c1ccc(OC2CCNCC2)cc1. The van der Waals surface area contributed by atoms with E-state index in [9.17, 15) is 13.2 Å². The number of aryl methyl sites for hydroxylation is 1. The number of nitrogens with two attached hydrogens (primary N) is 1. The number of halogens is 3. The summed E-state index contributed by atoms with van der Waals surface area (Å²) in [5, 5.41) is 12.3. The molecule has 4 rings (SSSR count). The Bertz CT molecular complexity index is 1040. The number of hydrogen-bond acceptors (Lipinski definition) is 6. The van der Waals surface area contributed by atoms with Gasteiger partial charge in [-0.25, -0.2) is 5.10 Å². The third-order valence-electron chi connectivity index (χ3n) is 5.13. The van der Waals surface area contributed by atoms with Crippen LogP contribution in [0.15, 0.2) is 36.4 Å². The average molecular weight is 432 g/mol. The van der Waals surface area contributed by atoms with Gasteiger partial charge in [0, 0.05) is 5.69 Å². The van der Waals surface area contributed by atoms with Crippen LogP contribution in [0.3, 0.4) is 0 Å². The average Bonchev–Trinajstić information content (AvgIpc) is 3.13. The van der Waals surface area contributed by atoms with Crippen molar-refractivity contribution in [3.63, 3.8) is 0 Å². The van der Waals surface area contributed by atoms with E-state index < -0.39 is 11.7 Å². The molecule has 5 N–H and O–H groups in total. The first-order valence-electron chi connectivity index (χ1n) is 9.94. The fourth-order valence-electron chi connectivity index (χ4n) is 3.73. The molecule has 1 saturated heterocycles. The van der Waals surface area contributed by atoms with Gasteiger partial charge in [-0.2, -0.15) is 18.2 Å². The molecule has 1 aromatic heterocycles. The molecule has 0 amide bonds. The van der Waals surface area contributed by atoms with Crippen LogP contribution in [0.25, 0.3) is 11.1 Å². The smallest absolute Gasteiger partial charge is 0.417 e. The Morgan fingerprint density at radius 1 is 1.13 bits per heavy atom. The van der Waals surface area contributed by atoms with E-state index in [1.165, 1.54) is 0 Å². The van der Waals surface area contributed by atoms with Crippen LogP contribution in [-0.4, -0.2) is 34.4 Å². The van der Waals surface area contributed by atoms with E-state index in [2.05, 4.69) is 25.8 Å². The van der Waals surface area contributed by atoms with Gasteiger partial charge in [-0.3, -0.25) is 0 Å². The van der Waals surface area contributed by atoms with Crippen molar-refractivity contribution >= 4 is 17.6 Å². The summed E-state index contributed by atoms with van der Waals surface area (Å²) in [6.45, 7) is 3.44. The summed E-state index contributed by atoms with van der Waals surface area (Å²) in [6, 6.07) is 9.44. The second-order valence-corrected chi connectivity index (χ2v) is 7.47. The van der Waals surface area contributed by atoms with Crippen molar-refractivity contribution in [2.75, 3.05) is 24.1 Å². The summed E-state index contributed by atoms with van der Waals surface area (Å²) in [5.41, 5.74) is 6.01. The molecule has 0 spiro atoms. The number of benzene rings is 2. The number of nitrogen functional groups attached to an aromatic ring is 1. The number of anilines is 3. The molecule has 3 aromatic rings. The highest BCUT2D eigenvalue weighted by atomic mass is 19.4. The van der Waals surface area contributed by atoms with Crippen LogP contribution >= 0.6 is 0 Å². The van der Waals surface area contributed by atoms with Crippen LogP contribution in [0.2, 0.25) is 0 Å². The molecule has 1 aliphatic rings. The van der Waals surface area contributed by atoms with E-state index in [0.29, 0.717) is 16.9 Å². The number of H-pyrrole nitrogens is 1. The topological polar surface area (TPSA) is 101 Å². The number of ether oxygens (including phenoxy) is 1. The van der Waals surface area contributed by atoms with Gasteiger partial charge in [-0.1, -0.05) is 12.1 Å². The van der Waals surface area contributed by atoms with Crippen LogP contribution in [0, 0.1) is 6.92 Å². The van der Waals surface area contributed by atoms with Crippen LogP contribution in [0.1, 0.15) is 24.0 Å². The number of alkyl halides is 3. The molecule has 0 atom stereocenters. The molecule has 0 radical (unpaired) electrons. The Morgan fingerprint density at radius 3 is 2.45 bits per heavy atom. The lowest BCUT2D eigenvalue weighted by Crippen LogP contribution is -2.34. The fraction of sp³-hybridized carbons (Fsp3) is 0.333. The highest BCUT2D eigenvalue weighted by molar-refractivity contribution is 5.76. The molecule has 31 heavy (non-hydrogen) atoms. The van der Waals surface area contributed by atoms with Gasteiger partial charge >= 0.3 is 6.18 Å². The van der Waals surface area contributed by atoms with Gasteiger partial charge in [-0.15, -0.1) is 5.10 Å². The van der Waals surface area contributed by atoms with Crippen molar-refractivity contribution in [3.05, 3.63) is 47.5 Å². The highest BCUT2D eigenvalue weighted by Gasteiger charge is 2.35. The molecule has 1 aliphatic heterocycles. The first-order chi connectivity index (χ1) is 14.8. The summed E-state index contributed by atoms with van der Waals surface area (Å²) in [5.74, 6) is 0.818. The zero-order valence-electron chi connectivity index (χ0n) is 16.9. The van der Waals surface area contributed by atoms with Gasteiger partial charge in [0.25, 0.3) is 0 Å². The Kier molecular flexibility index (Phi) is 5.73. The zero-order valence-corrected chi connectivity index (χ0v) is 16.9. The van der Waals surface area contributed by atoms with Crippen molar-refractivity contribution < 1.29 is 17.9 Å². The minimum absolute atomic E-state index is 0.0682. The number of piperidine rings is 1.